The molecule has 0 bridgehead atoms. The molecule has 10 heavy (non-hydrogen) atoms. The van der Waals surface area contributed by atoms with E-state index in [1.807, 2.05) is 0 Å². The minimum Gasteiger partial charge on any atom is -0.696 e. The van der Waals surface area contributed by atoms with Gasteiger partial charge in [0.15, 0.2) is 0 Å². The van der Waals surface area contributed by atoms with Crippen molar-refractivity contribution >= 4 is 24.6 Å². The van der Waals surface area contributed by atoms with Crippen molar-refractivity contribution in [1.82, 2.24) is 0 Å². The summed E-state index contributed by atoms with van der Waals surface area (Å²) in [4.78, 5) is 18.2. The molecule has 0 spiro atoms. The Hall–Kier alpha value is 0.286. The first-order valence-corrected chi connectivity index (χ1v) is 1.94. The third kappa shape index (κ3) is 23.9. The van der Waals surface area contributed by atoms with Gasteiger partial charge in [0.05, 0.1) is 0 Å². The van der Waals surface area contributed by atoms with E-state index in [0.29, 0.717) is 0 Å². The van der Waals surface area contributed by atoms with Gasteiger partial charge < -0.3 is 22.8 Å². The number of rotatable bonds is 0. The predicted octanol–water partition coefficient (Wildman–Crippen LogP) is -3.83. The fourth-order valence-corrected chi connectivity index (χ4v) is 0. The van der Waals surface area contributed by atoms with Crippen LogP contribution in [0.25, 0.3) is 0 Å². The van der Waals surface area contributed by atoms with E-state index >= 15 is 0 Å². The quantitative estimate of drug-likeness (QED) is 0.174. The summed E-state index contributed by atoms with van der Waals surface area (Å²) in [5.41, 5.74) is 0. The number of hydrogen-bond donors (Lipinski definition) is 2. The Bertz CT molecular complexity index is 141. The van der Waals surface area contributed by atoms with Crippen LogP contribution in [0.15, 0.2) is 0 Å². The van der Waals surface area contributed by atoms with Crippen LogP contribution in [0, 0.1) is 10.7 Å². The second-order valence-corrected chi connectivity index (χ2v) is 0.884. The SMILES string of the molecule is N#C[S-].O=C(O)C(=O)O.[K+]. The summed E-state index contributed by atoms with van der Waals surface area (Å²) in [6.45, 7) is 0. The summed E-state index contributed by atoms with van der Waals surface area (Å²) in [6.07, 6.45) is 0. The first-order chi connectivity index (χ1) is 4.06. The molecule has 0 aliphatic rings. The second kappa shape index (κ2) is 12.0. The Labute approximate surface area is 105 Å². The number of thiocyanates is 1. The summed E-state index contributed by atoms with van der Waals surface area (Å²) >= 11 is 3.70. The van der Waals surface area contributed by atoms with Gasteiger partial charge in [0.1, 0.15) is 0 Å². The van der Waals surface area contributed by atoms with Crippen LogP contribution in [0.3, 0.4) is 0 Å². The summed E-state index contributed by atoms with van der Waals surface area (Å²) in [5, 5.41) is 23.2. The molecule has 0 unspecified atom stereocenters. The fraction of sp³-hybridized carbons (Fsp3) is 0. The molecule has 0 aromatic carbocycles. The van der Waals surface area contributed by atoms with Crippen LogP contribution >= 0.6 is 0 Å². The fourth-order valence-electron chi connectivity index (χ4n) is 0. The zero-order valence-electron chi connectivity index (χ0n) is 5.07. The molecule has 5 nitrogen and oxygen atoms in total. The van der Waals surface area contributed by atoms with Crippen molar-refractivity contribution < 1.29 is 71.2 Å². The Morgan fingerprint density at radius 1 is 1.30 bits per heavy atom. The third-order valence-corrected chi connectivity index (χ3v) is 0.183. The van der Waals surface area contributed by atoms with Gasteiger partial charge in [-0.1, -0.05) is 5.40 Å². The van der Waals surface area contributed by atoms with Gasteiger partial charge in [-0.05, 0) is 0 Å². The molecule has 0 rings (SSSR count). The van der Waals surface area contributed by atoms with Crippen LogP contribution in [0.2, 0.25) is 0 Å². The molecule has 0 saturated carbocycles. The average Bonchev–Trinajstić information content (AvgIpc) is 1.68. The molecule has 0 aliphatic carbocycles. The van der Waals surface area contributed by atoms with Gasteiger partial charge in [-0.15, -0.1) is 0 Å². The van der Waals surface area contributed by atoms with E-state index in [9.17, 15) is 0 Å². The van der Waals surface area contributed by atoms with E-state index in [4.69, 9.17) is 25.1 Å². The smallest absolute Gasteiger partial charge is 0.696 e. The van der Waals surface area contributed by atoms with Crippen LogP contribution in [0.5, 0.6) is 0 Å². The molecule has 0 saturated heterocycles. The maximum Gasteiger partial charge on any atom is 1.00 e. The van der Waals surface area contributed by atoms with Crippen molar-refractivity contribution in [3.05, 3.63) is 0 Å². The van der Waals surface area contributed by atoms with E-state index in [2.05, 4.69) is 12.6 Å². The summed E-state index contributed by atoms with van der Waals surface area (Å²) in [5.74, 6) is -3.65. The summed E-state index contributed by atoms with van der Waals surface area (Å²) in [6, 6.07) is 0. The van der Waals surface area contributed by atoms with Crippen LogP contribution in [-0.4, -0.2) is 22.2 Å². The Morgan fingerprint density at radius 3 is 1.40 bits per heavy atom. The minimum absolute atomic E-state index is 0. The zero-order chi connectivity index (χ0) is 7.86. The van der Waals surface area contributed by atoms with Gasteiger partial charge in [0.25, 0.3) is 0 Å². The van der Waals surface area contributed by atoms with Gasteiger partial charge in [-0.3, -0.25) is 0 Å². The van der Waals surface area contributed by atoms with Crippen molar-refractivity contribution in [3.63, 3.8) is 0 Å². The normalized spacial score (nSPS) is 5.10. The first kappa shape index (κ1) is 16.7. The Balaban J connectivity index is -0.000000107. The van der Waals surface area contributed by atoms with Crippen molar-refractivity contribution in [3.8, 4) is 5.40 Å². The third-order valence-electron chi connectivity index (χ3n) is 0.183. The number of aliphatic carboxylic acids is 2. The molecule has 0 fully saturated rings. The van der Waals surface area contributed by atoms with Crippen LogP contribution < -0.4 is 51.4 Å². The average molecular weight is 187 g/mol. The largest absolute Gasteiger partial charge is 1.00 e. The van der Waals surface area contributed by atoms with E-state index in [1.165, 1.54) is 5.40 Å². The van der Waals surface area contributed by atoms with Crippen molar-refractivity contribution in [2.75, 3.05) is 0 Å². The molecule has 0 aromatic heterocycles. The van der Waals surface area contributed by atoms with E-state index in [1.54, 1.807) is 0 Å². The van der Waals surface area contributed by atoms with Crippen LogP contribution in [0.4, 0.5) is 0 Å². The van der Waals surface area contributed by atoms with Gasteiger partial charge in [0, 0.05) is 0 Å². The van der Waals surface area contributed by atoms with Crippen LogP contribution in [0.1, 0.15) is 0 Å². The zero-order valence-corrected chi connectivity index (χ0v) is 9.01. The van der Waals surface area contributed by atoms with Crippen molar-refractivity contribution in [2.24, 2.45) is 0 Å². The number of carboxylic acids is 2. The molecule has 0 aromatic rings. The molecular weight excluding hydrogens is 185 g/mol. The summed E-state index contributed by atoms with van der Waals surface area (Å²) in [7, 11) is 0. The molecule has 0 radical (unpaired) electrons. The van der Waals surface area contributed by atoms with E-state index < -0.39 is 11.9 Å². The van der Waals surface area contributed by atoms with Crippen LogP contribution in [-0.2, 0) is 22.2 Å². The standard InChI is InChI=1S/C2H2O4.CHNS.K/c3-1(4)2(5)6;2-1-3;/h(H,3,4)(H,5,6);3H;/q;;+1/p-1. The van der Waals surface area contributed by atoms with E-state index in [0.717, 1.165) is 0 Å². The molecule has 0 amide bonds. The van der Waals surface area contributed by atoms with Crippen molar-refractivity contribution in [2.45, 2.75) is 0 Å². The molecule has 0 atom stereocenters. The van der Waals surface area contributed by atoms with Gasteiger partial charge in [0.2, 0.25) is 0 Å². The number of nitriles is 1. The number of hydrogen-bond acceptors (Lipinski definition) is 4. The Kier molecular flexibility index (Phi) is 20.1. The molecule has 0 heterocycles. The number of nitrogens with zero attached hydrogens (tertiary/aromatic N) is 1. The monoisotopic (exact) mass is 187 g/mol. The van der Waals surface area contributed by atoms with Crippen molar-refractivity contribution in [1.29, 1.82) is 5.26 Å². The molecule has 7 heteroatoms. The Morgan fingerprint density at radius 2 is 1.40 bits per heavy atom. The topological polar surface area (TPSA) is 98.4 Å². The maximum atomic E-state index is 9.10. The molecule has 50 valence electrons. The van der Waals surface area contributed by atoms with Gasteiger partial charge >= 0.3 is 63.3 Å². The van der Waals surface area contributed by atoms with Gasteiger partial charge in [-0.2, -0.15) is 0 Å². The van der Waals surface area contributed by atoms with Gasteiger partial charge in [-0.25, -0.2) is 14.9 Å². The predicted molar refractivity (Wildman–Crippen MR) is 28.2 cm³/mol. The number of carbonyl (C=O) groups is 2. The van der Waals surface area contributed by atoms with E-state index in [-0.39, 0.29) is 51.4 Å². The molecule has 2 N–H and O–H groups in total. The number of carboxylic acid groups (broad SMARTS) is 2. The second-order valence-electron chi connectivity index (χ2n) is 0.702. The minimum atomic E-state index is -1.82. The maximum absolute atomic E-state index is 9.10. The first-order valence-electron chi connectivity index (χ1n) is 1.53. The molecule has 0 aliphatic heterocycles. The summed E-state index contributed by atoms with van der Waals surface area (Å²) < 4.78 is 0. The molecular formula is C3H2KNO4S.